The predicted molar refractivity (Wildman–Crippen MR) is 138 cm³/mol. The van der Waals surface area contributed by atoms with E-state index in [1.165, 1.54) is 29.5 Å². The van der Waals surface area contributed by atoms with Gasteiger partial charge in [0.15, 0.2) is 0 Å². The monoisotopic (exact) mass is 593 g/mol. The highest BCUT2D eigenvalue weighted by Gasteiger charge is 2.41. The molecule has 0 amide bonds. The minimum atomic E-state index is -4.20. The molecule has 40 heavy (non-hydrogen) atoms. The zero-order chi connectivity index (χ0) is 29.5. The molecule has 1 fully saturated rings. The van der Waals surface area contributed by atoms with Crippen LogP contribution in [-0.2, 0) is 25.3 Å². The van der Waals surface area contributed by atoms with E-state index in [2.05, 4.69) is 10.6 Å². The smallest absolute Gasteiger partial charge is 0.391 e. The second-order valence-corrected chi connectivity index (χ2v) is 10.6. The third kappa shape index (κ3) is 8.88. The third-order valence-corrected chi connectivity index (χ3v) is 7.81. The van der Waals surface area contributed by atoms with Crippen LogP contribution in [0.15, 0.2) is 48.5 Å². The van der Waals surface area contributed by atoms with E-state index in [-0.39, 0.29) is 24.2 Å². The fourth-order valence-corrected chi connectivity index (χ4v) is 5.57. The quantitative estimate of drug-likeness (QED) is 0.200. The molecule has 4 rings (SSSR count). The third-order valence-electron chi connectivity index (χ3n) is 6.61. The van der Waals surface area contributed by atoms with Crippen LogP contribution < -0.4 is 10.6 Å². The van der Waals surface area contributed by atoms with E-state index in [0.717, 1.165) is 23.1 Å². The van der Waals surface area contributed by atoms with Crippen LogP contribution in [0.4, 0.5) is 30.7 Å². The molecular formula is C27H30F7N3O2S. The highest BCUT2D eigenvalue weighted by molar-refractivity contribution is 7.15. The van der Waals surface area contributed by atoms with Gasteiger partial charge in [-0.2, -0.15) is 22.0 Å². The molecule has 5 nitrogen and oxygen atoms in total. The number of rotatable bonds is 9. The largest absolute Gasteiger partial charge is 0.435 e. The van der Waals surface area contributed by atoms with E-state index >= 15 is 0 Å². The lowest BCUT2D eigenvalue weighted by Gasteiger charge is -2.32. The zero-order valence-electron chi connectivity index (χ0n) is 21.6. The number of alkyl halides is 7. The maximum Gasteiger partial charge on any atom is 0.391 e. The van der Waals surface area contributed by atoms with Crippen LogP contribution >= 0.6 is 11.3 Å². The molecular weight excluding hydrogens is 563 g/mol. The van der Waals surface area contributed by atoms with Crippen LogP contribution in [0.1, 0.15) is 41.5 Å². The molecule has 0 atom stereocenters. The maximum absolute atomic E-state index is 13.6. The first-order valence-corrected chi connectivity index (χ1v) is 13.3. The van der Waals surface area contributed by atoms with E-state index in [9.17, 15) is 30.7 Å². The average Bonchev–Trinajstić information content (AvgIpc) is 3.30. The Morgan fingerprint density at radius 2 is 1.68 bits per heavy atom. The second kappa shape index (κ2) is 13.7. The highest BCUT2D eigenvalue weighted by atomic mass is 32.1. The van der Waals surface area contributed by atoms with Gasteiger partial charge in [-0.05, 0) is 56.5 Å². The molecule has 2 heterocycles. The van der Waals surface area contributed by atoms with E-state index in [1.54, 1.807) is 30.3 Å². The highest BCUT2D eigenvalue weighted by Crippen LogP contribution is 2.36. The van der Waals surface area contributed by atoms with Gasteiger partial charge >= 0.3 is 12.8 Å². The molecule has 3 aromatic rings. The van der Waals surface area contributed by atoms with Crippen molar-refractivity contribution in [2.75, 3.05) is 13.1 Å². The van der Waals surface area contributed by atoms with Crippen molar-refractivity contribution in [3.8, 4) is 16.3 Å². The minimum absolute atomic E-state index is 0.0272. The molecule has 0 saturated carbocycles. The SMILES string of the molecule is CC(F)(F)c1ccc(-c2nc(CN3CCC(C(F)(F)F)CC3)c(CCc3cccc(OC(F)F)c3)s2)cc1.NO. The molecule has 0 spiro atoms. The lowest BCUT2D eigenvalue weighted by atomic mass is 9.96. The number of nitrogens with two attached hydrogens (primary N) is 1. The number of aromatic nitrogens is 1. The summed E-state index contributed by atoms with van der Waals surface area (Å²) in [6.07, 6.45) is -3.12. The van der Waals surface area contributed by atoms with Crippen molar-refractivity contribution >= 4 is 11.3 Å². The van der Waals surface area contributed by atoms with Crippen LogP contribution in [0.3, 0.4) is 0 Å². The Labute approximate surface area is 231 Å². The number of halogens is 7. The lowest BCUT2D eigenvalue weighted by Crippen LogP contribution is -2.38. The maximum atomic E-state index is 13.6. The van der Waals surface area contributed by atoms with Gasteiger partial charge in [0.05, 0.1) is 11.6 Å². The fourth-order valence-electron chi connectivity index (χ4n) is 4.50. The molecule has 1 aliphatic rings. The number of benzene rings is 2. The molecule has 0 aliphatic carbocycles. The number of hydrogen-bond donors (Lipinski definition) is 2. The normalized spacial score (nSPS) is 15.2. The van der Waals surface area contributed by atoms with Crippen molar-refractivity contribution in [1.82, 2.24) is 9.88 Å². The standard InChI is InChI=1S/C27H27F7N2OS.H3NO/c1-26(30,31)19-8-6-18(7-9-19)24-35-22(16-36-13-11-20(12-14-36)27(32,33)34)23(38-24)10-5-17-3-2-4-21(15-17)37-25(28)29;1-2/h2-4,6-9,15,20,25H,5,10-14,16H2,1H3;2H,1H2. The summed E-state index contributed by atoms with van der Waals surface area (Å²) in [6.45, 7) is -1.14. The Bertz CT molecular complexity index is 1210. The Morgan fingerprint density at radius 1 is 1.02 bits per heavy atom. The number of ether oxygens (including phenoxy) is 1. The summed E-state index contributed by atoms with van der Waals surface area (Å²) in [4.78, 5) is 7.60. The van der Waals surface area contributed by atoms with E-state index in [0.29, 0.717) is 43.0 Å². The van der Waals surface area contributed by atoms with Gasteiger partial charge in [0.25, 0.3) is 5.92 Å². The minimum Gasteiger partial charge on any atom is -0.435 e. The van der Waals surface area contributed by atoms with E-state index in [1.807, 2.05) is 4.90 Å². The lowest BCUT2D eigenvalue weighted by molar-refractivity contribution is -0.185. The van der Waals surface area contributed by atoms with Gasteiger partial charge < -0.3 is 9.94 Å². The van der Waals surface area contributed by atoms with Gasteiger partial charge in [-0.1, -0.05) is 36.4 Å². The molecule has 13 heteroatoms. The van der Waals surface area contributed by atoms with Gasteiger partial charge in [0, 0.05) is 29.5 Å². The van der Waals surface area contributed by atoms with Crippen LogP contribution in [0.25, 0.3) is 10.6 Å². The number of nitrogens with zero attached hydrogens (tertiary/aromatic N) is 2. The Kier molecular flexibility index (Phi) is 10.9. The van der Waals surface area contributed by atoms with Crippen LogP contribution in [0, 0.1) is 5.92 Å². The summed E-state index contributed by atoms with van der Waals surface area (Å²) in [5, 5.41) is 7.13. The summed E-state index contributed by atoms with van der Waals surface area (Å²) in [5.74, 6) is -0.715. The van der Waals surface area contributed by atoms with E-state index < -0.39 is 24.6 Å². The number of thiazole rings is 1. The molecule has 2 aromatic carbocycles. The molecule has 0 radical (unpaired) electrons. The summed E-state index contributed by atoms with van der Waals surface area (Å²) in [5.41, 5.74) is 2.06. The molecule has 0 unspecified atom stereocenters. The molecule has 0 bridgehead atoms. The zero-order valence-corrected chi connectivity index (χ0v) is 22.4. The summed E-state index contributed by atoms with van der Waals surface area (Å²) in [7, 11) is 0. The van der Waals surface area contributed by atoms with Crippen molar-refractivity contribution < 1.29 is 40.7 Å². The van der Waals surface area contributed by atoms with Gasteiger partial charge in [-0.3, -0.25) is 4.90 Å². The number of piperidine rings is 1. The summed E-state index contributed by atoms with van der Waals surface area (Å²) < 4.78 is 96.2. The average molecular weight is 594 g/mol. The molecule has 1 aromatic heterocycles. The van der Waals surface area contributed by atoms with E-state index in [4.69, 9.17) is 10.2 Å². The fraction of sp³-hybridized carbons (Fsp3) is 0.444. The molecule has 1 saturated heterocycles. The topological polar surface area (TPSA) is 71.6 Å². The van der Waals surface area contributed by atoms with Gasteiger partial charge in [0.1, 0.15) is 10.8 Å². The summed E-state index contributed by atoms with van der Waals surface area (Å²) in [6, 6.07) is 12.3. The van der Waals surface area contributed by atoms with Crippen LogP contribution in [0.2, 0.25) is 0 Å². The van der Waals surface area contributed by atoms with Crippen molar-refractivity contribution in [2.45, 2.75) is 57.9 Å². The number of likely N-dealkylation sites (tertiary alicyclic amines) is 1. The molecule has 220 valence electrons. The first-order chi connectivity index (χ1) is 18.9. The first kappa shape index (κ1) is 31.8. The predicted octanol–water partition coefficient (Wildman–Crippen LogP) is 7.42. The van der Waals surface area contributed by atoms with Crippen LogP contribution in [-0.4, -0.2) is 41.0 Å². The molecule has 1 aliphatic heterocycles. The van der Waals surface area contributed by atoms with Crippen LogP contribution in [0.5, 0.6) is 5.75 Å². The number of aryl methyl sites for hydroxylation is 2. The number of hydrogen-bond acceptors (Lipinski definition) is 6. The first-order valence-electron chi connectivity index (χ1n) is 12.4. The van der Waals surface area contributed by atoms with Gasteiger partial charge in [0.2, 0.25) is 0 Å². The van der Waals surface area contributed by atoms with Gasteiger partial charge in [-0.25, -0.2) is 19.7 Å². The second-order valence-electron chi connectivity index (χ2n) is 9.47. The Morgan fingerprint density at radius 3 is 2.25 bits per heavy atom. The Balaban J connectivity index is 0.00000216. The Hall–Kier alpha value is -2.74. The van der Waals surface area contributed by atoms with Crippen molar-refractivity contribution in [2.24, 2.45) is 11.8 Å². The molecule has 3 N–H and O–H groups in total. The van der Waals surface area contributed by atoms with Crippen molar-refractivity contribution in [3.63, 3.8) is 0 Å². The summed E-state index contributed by atoms with van der Waals surface area (Å²) >= 11 is 1.40. The van der Waals surface area contributed by atoms with Crippen molar-refractivity contribution in [3.05, 3.63) is 70.2 Å². The van der Waals surface area contributed by atoms with Gasteiger partial charge in [-0.15, -0.1) is 11.3 Å². The van der Waals surface area contributed by atoms with Crippen molar-refractivity contribution in [1.29, 1.82) is 0 Å².